The molecule has 1 atom stereocenters. The summed E-state index contributed by atoms with van der Waals surface area (Å²) >= 11 is 0. The summed E-state index contributed by atoms with van der Waals surface area (Å²) in [5.74, 6) is 0.736. The molecule has 0 rings (SSSR count). The molecule has 0 aromatic heterocycles. The van der Waals surface area contributed by atoms with Gasteiger partial charge in [-0.1, -0.05) is 42.9 Å². The van der Waals surface area contributed by atoms with Gasteiger partial charge in [-0.05, 0) is 39.0 Å². The monoisotopic (exact) mass is 208 g/mol. The molecule has 0 fully saturated rings. The highest BCUT2D eigenvalue weighted by Gasteiger charge is 1.96. The maximum Gasteiger partial charge on any atom is 0.0615 e. The highest BCUT2D eigenvalue weighted by atomic mass is 16.2. The lowest BCUT2D eigenvalue weighted by molar-refractivity contribution is 0.343. The van der Waals surface area contributed by atoms with Gasteiger partial charge >= 0.3 is 0 Å². The summed E-state index contributed by atoms with van der Waals surface area (Å²) in [4.78, 5) is 0. The van der Waals surface area contributed by atoms with Gasteiger partial charge < -0.3 is 5.11 Å². The number of allylic oxidation sites excluding steroid dienone is 5. The van der Waals surface area contributed by atoms with Crippen LogP contribution < -0.4 is 0 Å². The van der Waals surface area contributed by atoms with Crippen molar-refractivity contribution in [1.82, 2.24) is 0 Å². The van der Waals surface area contributed by atoms with Crippen molar-refractivity contribution in [2.24, 2.45) is 5.92 Å². The molecule has 1 N–H and O–H groups in total. The third kappa shape index (κ3) is 11.1. The Morgan fingerprint density at radius 2 is 1.87 bits per heavy atom. The second-order valence-electron chi connectivity index (χ2n) is 4.24. The average Bonchev–Trinajstić information content (AvgIpc) is 2.17. The topological polar surface area (TPSA) is 20.2 Å². The Hall–Kier alpha value is -0.820. The second kappa shape index (κ2) is 9.72. The van der Waals surface area contributed by atoms with E-state index in [0.29, 0.717) is 0 Å². The van der Waals surface area contributed by atoms with Gasteiger partial charge in [0, 0.05) is 0 Å². The van der Waals surface area contributed by atoms with Crippen molar-refractivity contribution in [3.63, 3.8) is 0 Å². The van der Waals surface area contributed by atoms with Gasteiger partial charge in [-0.2, -0.15) is 0 Å². The molecule has 0 amide bonds. The number of aliphatic hydroxyl groups excluding tert-OH is 1. The van der Waals surface area contributed by atoms with Gasteiger partial charge in [0.25, 0.3) is 0 Å². The number of hydrogen-bond acceptors (Lipinski definition) is 1. The quantitative estimate of drug-likeness (QED) is 0.497. The van der Waals surface area contributed by atoms with Crippen LogP contribution >= 0.6 is 0 Å². The zero-order chi connectivity index (χ0) is 11.5. The van der Waals surface area contributed by atoms with Crippen molar-refractivity contribution in [2.75, 3.05) is 6.61 Å². The Balaban J connectivity index is 3.57. The van der Waals surface area contributed by atoms with Crippen LogP contribution in [0.25, 0.3) is 0 Å². The Kier molecular flexibility index (Phi) is 9.19. The molecule has 15 heavy (non-hydrogen) atoms. The van der Waals surface area contributed by atoms with Crippen molar-refractivity contribution < 1.29 is 5.11 Å². The first kappa shape index (κ1) is 14.2. The van der Waals surface area contributed by atoms with E-state index in [1.54, 1.807) is 6.08 Å². The van der Waals surface area contributed by atoms with E-state index < -0.39 is 0 Å². The second-order valence-corrected chi connectivity index (χ2v) is 4.24. The summed E-state index contributed by atoms with van der Waals surface area (Å²) in [6.07, 6.45) is 13.7. The predicted octanol–water partition coefficient (Wildman–Crippen LogP) is 3.86. The molecule has 0 aromatic rings. The minimum absolute atomic E-state index is 0.125. The summed E-state index contributed by atoms with van der Waals surface area (Å²) in [5.41, 5.74) is 1.41. The molecule has 0 aliphatic heterocycles. The molecule has 0 saturated heterocycles. The highest BCUT2D eigenvalue weighted by molar-refractivity contribution is 5.02. The van der Waals surface area contributed by atoms with E-state index in [1.165, 1.54) is 18.4 Å². The maximum atomic E-state index is 8.52. The van der Waals surface area contributed by atoms with E-state index in [0.717, 1.165) is 12.3 Å². The van der Waals surface area contributed by atoms with Crippen molar-refractivity contribution in [3.05, 3.63) is 36.0 Å². The molecule has 0 radical (unpaired) electrons. The molecule has 0 spiro atoms. The zero-order valence-electron chi connectivity index (χ0n) is 10.2. The lowest BCUT2D eigenvalue weighted by Crippen LogP contribution is -1.91. The zero-order valence-corrected chi connectivity index (χ0v) is 10.2. The molecule has 0 aromatic carbocycles. The summed E-state index contributed by atoms with van der Waals surface area (Å²) in [6.45, 7) is 6.69. The molecule has 0 aliphatic carbocycles. The van der Waals surface area contributed by atoms with Crippen LogP contribution in [0.3, 0.4) is 0 Å². The molecule has 0 aliphatic rings. The normalized spacial score (nSPS) is 13.6. The third-order valence-electron chi connectivity index (χ3n) is 2.24. The minimum Gasteiger partial charge on any atom is -0.392 e. The van der Waals surface area contributed by atoms with Gasteiger partial charge in [0.15, 0.2) is 0 Å². The predicted molar refractivity (Wildman–Crippen MR) is 67.8 cm³/mol. The summed E-state index contributed by atoms with van der Waals surface area (Å²) < 4.78 is 0. The summed E-state index contributed by atoms with van der Waals surface area (Å²) in [5, 5.41) is 8.52. The van der Waals surface area contributed by atoms with E-state index in [2.05, 4.69) is 32.9 Å². The van der Waals surface area contributed by atoms with Gasteiger partial charge in [0.1, 0.15) is 0 Å². The first-order valence-corrected chi connectivity index (χ1v) is 5.72. The number of rotatable bonds is 7. The summed E-state index contributed by atoms with van der Waals surface area (Å²) in [6, 6.07) is 0. The number of hydrogen-bond donors (Lipinski definition) is 1. The van der Waals surface area contributed by atoms with Crippen molar-refractivity contribution in [2.45, 2.75) is 40.0 Å². The van der Waals surface area contributed by atoms with Gasteiger partial charge in [0.05, 0.1) is 6.61 Å². The first-order chi connectivity index (χ1) is 7.16. The lowest BCUT2D eigenvalue weighted by Gasteiger charge is -2.05. The molecule has 0 bridgehead atoms. The van der Waals surface area contributed by atoms with E-state index >= 15 is 0 Å². The highest BCUT2D eigenvalue weighted by Crippen LogP contribution is 2.12. The molecular weight excluding hydrogens is 184 g/mol. The van der Waals surface area contributed by atoms with Crippen LogP contribution in [0.1, 0.15) is 40.0 Å². The van der Waals surface area contributed by atoms with Crippen molar-refractivity contribution in [1.29, 1.82) is 0 Å². The molecular formula is C14H24O. The van der Waals surface area contributed by atoms with Crippen LogP contribution in [-0.4, -0.2) is 11.7 Å². The van der Waals surface area contributed by atoms with Crippen LogP contribution in [0.5, 0.6) is 0 Å². The molecule has 0 saturated carbocycles. The van der Waals surface area contributed by atoms with E-state index in [9.17, 15) is 0 Å². The third-order valence-corrected chi connectivity index (χ3v) is 2.24. The van der Waals surface area contributed by atoms with Gasteiger partial charge in [-0.3, -0.25) is 0 Å². The molecule has 0 heterocycles. The van der Waals surface area contributed by atoms with E-state index in [1.807, 2.05) is 12.2 Å². The van der Waals surface area contributed by atoms with Crippen LogP contribution in [0, 0.1) is 5.92 Å². The smallest absolute Gasteiger partial charge is 0.0615 e. The van der Waals surface area contributed by atoms with Gasteiger partial charge in [0.2, 0.25) is 0 Å². The Labute approximate surface area is 94.2 Å². The maximum absolute atomic E-state index is 8.52. The van der Waals surface area contributed by atoms with E-state index in [4.69, 9.17) is 5.11 Å². The van der Waals surface area contributed by atoms with Crippen LogP contribution in [-0.2, 0) is 0 Å². The Morgan fingerprint density at radius 1 is 1.20 bits per heavy atom. The minimum atomic E-state index is 0.125. The van der Waals surface area contributed by atoms with E-state index in [-0.39, 0.29) is 6.61 Å². The van der Waals surface area contributed by atoms with Crippen LogP contribution in [0.2, 0.25) is 0 Å². The fourth-order valence-electron chi connectivity index (χ4n) is 1.30. The standard InChI is InChI=1S/C14H24O/c1-13(2)9-8-11-14(3)10-6-4-5-7-12-15/h4-7,9,14-15H,8,10-12H2,1-3H3/b6-4+,7-5+. The Morgan fingerprint density at radius 3 is 2.47 bits per heavy atom. The SMILES string of the molecule is CC(C)=CCCC(C)C/C=C/C=C/CO. The average molecular weight is 208 g/mol. The molecule has 1 unspecified atom stereocenters. The Bertz CT molecular complexity index is 219. The molecule has 1 heteroatoms. The van der Waals surface area contributed by atoms with Gasteiger partial charge in [-0.15, -0.1) is 0 Å². The van der Waals surface area contributed by atoms with Crippen molar-refractivity contribution in [3.8, 4) is 0 Å². The fraction of sp³-hybridized carbons (Fsp3) is 0.571. The van der Waals surface area contributed by atoms with Crippen LogP contribution in [0.15, 0.2) is 36.0 Å². The van der Waals surface area contributed by atoms with Crippen LogP contribution in [0.4, 0.5) is 0 Å². The molecule has 86 valence electrons. The van der Waals surface area contributed by atoms with Crippen molar-refractivity contribution >= 4 is 0 Å². The number of aliphatic hydroxyl groups is 1. The first-order valence-electron chi connectivity index (χ1n) is 5.72. The summed E-state index contributed by atoms with van der Waals surface area (Å²) in [7, 11) is 0. The lowest BCUT2D eigenvalue weighted by atomic mass is 10.0. The van der Waals surface area contributed by atoms with Gasteiger partial charge in [-0.25, -0.2) is 0 Å². The largest absolute Gasteiger partial charge is 0.392 e. The molecule has 1 nitrogen and oxygen atoms in total. The fourth-order valence-corrected chi connectivity index (χ4v) is 1.30.